The molecule has 0 unspecified atom stereocenters. The van der Waals surface area contributed by atoms with Crippen molar-refractivity contribution in [1.82, 2.24) is 0 Å². The average molecular weight is 311 g/mol. The van der Waals surface area contributed by atoms with Gasteiger partial charge in [-0.2, -0.15) is 0 Å². The molecule has 2 aromatic rings. The topological polar surface area (TPSA) is 26.3 Å². The molecule has 88 valence electrons. The minimum absolute atomic E-state index is 0.0395. The summed E-state index contributed by atoms with van der Waals surface area (Å²) in [6.45, 7) is 1.99. The second kappa shape index (κ2) is 5.02. The van der Waals surface area contributed by atoms with Gasteiger partial charge in [0.25, 0.3) is 0 Å². The van der Waals surface area contributed by atoms with Crippen LogP contribution in [0.4, 0.5) is 0 Å². The summed E-state index contributed by atoms with van der Waals surface area (Å²) in [5.41, 5.74) is 0.660. The average Bonchev–Trinajstić information content (AvgIpc) is 2.75. The van der Waals surface area contributed by atoms with E-state index in [1.54, 1.807) is 25.3 Å². The highest BCUT2D eigenvalue weighted by Gasteiger charge is 2.14. The highest BCUT2D eigenvalue weighted by atomic mass is 79.9. The number of ether oxygens (including phenoxy) is 1. The van der Waals surface area contributed by atoms with E-state index in [-0.39, 0.29) is 5.78 Å². The van der Waals surface area contributed by atoms with Gasteiger partial charge in [0.05, 0.1) is 12.0 Å². The zero-order valence-corrected chi connectivity index (χ0v) is 11.9. The van der Waals surface area contributed by atoms with Crippen LogP contribution in [-0.2, 0) is 0 Å². The number of hydrogen-bond donors (Lipinski definition) is 0. The highest BCUT2D eigenvalue weighted by molar-refractivity contribution is 9.10. The van der Waals surface area contributed by atoms with Crippen molar-refractivity contribution in [2.45, 2.75) is 6.92 Å². The summed E-state index contributed by atoms with van der Waals surface area (Å²) in [5, 5.41) is 0. The Bertz CT molecular complexity index is 560. The van der Waals surface area contributed by atoms with Gasteiger partial charge in [-0.3, -0.25) is 4.79 Å². The highest BCUT2D eigenvalue weighted by Crippen LogP contribution is 2.27. The number of benzene rings is 1. The molecular weight excluding hydrogens is 300 g/mol. The van der Waals surface area contributed by atoms with Crippen molar-refractivity contribution in [3.8, 4) is 5.75 Å². The molecule has 2 nitrogen and oxygen atoms in total. The number of rotatable bonds is 3. The Labute approximate surface area is 112 Å². The summed E-state index contributed by atoms with van der Waals surface area (Å²) in [6.07, 6.45) is 0. The van der Waals surface area contributed by atoms with Gasteiger partial charge >= 0.3 is 0 Å². The van der Waals surface area contributed by atoms with Crippen LogP contribution in [0.3, 0.4) is 0 Å². The van der Waals surface area contributed by atoms with Gasteiger partial charge in [0.2, 0.25) is 5.78 Å². The lowest BCUT2D eigenvalue weighted by Gasteiger charge is -2.04. The fourth-order valence-electron chi connectivity index (χ4n) is 1.50. The number of carbonyl (C=O) groups excluding carboxylic acids is 1. The van der Waals surface area contributed by atoms with E-state index in [0.717, 1.165) is 20.0 Å². The van der Waals surface area contributed by atoms with Crippen LogP contribution in [0, 0.1) is 6.92 Å². The third-order valence-electron chi connectivity index (χ3n) is 2.39. The van der Waals surface area contributed by atoms with Crippen molar-refractivity contribution in [2.24, 2.45) is 0 Å². The number of ketones is 1. The van der Waals surface area contributed by atoms with Crippen LogP contribution < -0.4 is 4.74 Å². The fourth-order valence-corrected chi connectivity index (χ4v) is 2.86. The van der Waals surface area contributed by atoms with E-state index in [0.29, 0.717) is 5.56 Å². The molecule has 0 spiro atoms. The Morgan fingerprint density at radius 1 is 1.29 bits per heavy atom. The summed E-state index contributed by atoms with van der Waals surface area (Å²) in [6, 6.07) is 9.18. The Morgan fingerprint density at radius 2 is 2.06 bits per heavy atom. The first-order valence-electron chi connectivity index (χ1n) is 5.06. The van der Waals surface area contributed by atoms with Crippen LogP contribution in [0.25, 0.3) is 0 Å². The maximum absolute atomic E-state index is 12.2. The number of halogens is 1. The molecule has 0 aliphatic heterocycles. The molecule has 1 aromatic heterocycles. The molecule has 4 heteroatoms. The van der Waals surface area contributed by atoms with E-state index >= 15 is 0 Å². The Morgan fingerprint density at radius 3 is 2.59 bits per heavy atom. The Kier molecular flexibility index (Phi) is 3.64. The molecule has 0 amide bonds. The van der Waals surface area contributed by atoms with Gasteiger partial charge in [-0.05, 0) is 53.2 Å². The van der Waals surface area contributed by atoms with Crippen molar-refractivity contribution in [1.29, 1.82) is 0 Å². The first-order valence-corrected chi connectivity index (χ1v) is 6.67. The van der Waals surface area contributed by atoms with Gasteiger partial charge in [-0.25, -0.2) is 0 Å². The monoisotopic (exact) mass is 310 g/mol. The van der Waals surface area contributed by atoms with Gasteiger partial charge in [0.1, 0.15) is 5.75 Å². The molecule has 0 radical (unpaired) electrons. The summed E-state index contributed by atoms with van der Waals surface area (Å²) < 4.78 is 5.86. The van der Waals surface area contributed by atoms with E-state index < -0.39 is 0 Å². The lowest BCUT2D eigenvalue weighted by molar-refractivity contribution is 0.104. The van der Waals surface area contributed by atoms with Crippen LogP contribution in [0.2, 0.25) is 0 Å². The maximum atomic E-state index is 12.2. The maximum Gasteiger partial charge on any atom is 0.204 e. The molecular formula is C13H11BrO2S. The molecule has 0 bridgehead atoms. The van der Waals surface area contributed by atoms with Crippen LogP contribution in [0.5, 0.6) is 5.75 Å². The van der Waals surface area contributed by atoms with Crippen molar-refractivity contribution in [3.63, 3.8) is 0 Å². The summed E-state index contributed by atoms with van der Waals surface area (Å²) in [7, 11) is 1.60. The zero-order valence-electron chi connectivity index (χ0n) is 9.49. The summed E-state index contributed by atoms with van der Waals surface area (Å²) in [5.74, 6) is 0.772. The third-order valence-corrected chi connectivity index (χ3v) is 4.04. The quantitative estimate of drug-likeness (QED) is 0.799. The minimum atomic E-state index is 0.0395. The lowest BCUT2D eigenvalue weighted by atomic mass is 10.1. The van der Waals surface area contributed by atoms with Crippen molar-refractivity contribution in [2.75, 3.05) is 7.11 Å². The molecule has 1 aromatic carbocycles. The molecule has 0 saturated heterocycles. The van der Waals surface area contributed by atoms with Gasteiger partial charge < -0.3 is 4.74 Å². The SMILES string of the molecule is COc1ccc(C(=O)c2ccc(C)s2)c(Br)c1. The molecule has 0 fully saturated rings. The van der Waals surface area contributed by atoms with E-state index in [4.69, 9.17) is 4.74 Å². The third kappa shape index (κ3) is 2.58. The predicted molar refractivity (Wildman–Crippen MR) is 73.2 cm³/mol. The Balaban J connectivity index is 2.37. The van der Waals surface area contributed by atoms with Crippen LogP contribution in [-0.4, -0.2) is 12.9 Å². The standard InChI is InChI=1S/C13H11BrO2S/c1-8-3-6-12(17-8)13(15)10-5-4-9(16-2)7-11(10)14/h3-7H,1-2H3. The number of methoxy groups -OCH3 is 1. The largest absolute Gasteiger partial charge is 0.497 e. The zero-order chi connectivity index (χ0) is 12.4. The van der Waals surface area contributed by atoms with Crippen molar-refractivity contribution >= 4 is 33.0 Å². The lowest BCUT2D eigenvalue weighted by Crippen LogP contribution is -2.00. The molecule has 0 aliphatic rings. The molecule has 0 aliphatic carbocycles. The number of aryl methyl sites for hydroxylation is 1. The van der Waals surface area contributed by atoms with Gasteiger partial charge in [0.15, 0.2) is 0 Å². The van der Waals surface area contributed by atoms with Crippen LogP contribution in [0.1, 0.15) is 20.1 Å². The molecule has 0 atom stereocenters. The van der Waals surface area contributed by atoms with Gasteiger partial charge in [0, 0.05) is 14.9 Å². The molecule has 2 rings (SSSR count). The smallest absolute Gasteiger partial charge is 0.204 e. The predicted octanol–water partition coefficient (Wildman–Crippen LogP) is 4.06. The first-order chi connectivity index (χ1) is 8.11. The van der Waals surface area contributed by atoms with E-state index in [9.17, 15) is 4.79 Å². The minimum Gasteiger partial charge on any atom is -0.497 e. The molecule has 0 saturated carbocycles. The second-order valence-electron chi connectivity index (χ2n) is 3.59. The van der Waals surface area contributed by atoms with Crippen molar-refractivity contribution < 1.29 is 9.53 Å². The van der Waals surface area contributed by atoms with Gasteiger partial charge in [-0.1, -0.05) is 0 Å². The van der Waals surface area contributed by atoms with E-state index in [2.05, 4.69) is 15.9 Å². The van der Waals surface area contributed by atoms with Gasteiger partial charge in [-0.15, -0.1) is 11.3 Å². The molecule has 17 heavy (non-hydrogen) atoms. The fraction of sp³-hybridized carbons (Fsp3) is 0.154. The van der Waals surface area contributed by atoms with Crippen molar-refractivity contribution in [3.05, 3.63) is 50.1 Å². The number of thiophene rings is 1. The van der Waals surface area contributed by atoms with E-state index in [1.165, 1.54) is 11.3 Å². The summed E-state index contributed by atoms with van der Waals surface area (Å²) >= 11 is 4.90. The van der Waals surface area contributed by atoms with Crippen LogP contribution >= 0.6 is 27.3 Å². The Hall–Kier alpha value is -1.13. The number of carbonyl (C=O) groups is 1. The molecule has 0 N–H and O–H groups in total. The number of hydrogen-bond acceptors (Lipinski definition) is 3. The second-order valence-corrected chi connectivity index (χ2v) is 5.73. The first kappa shape index (κ1) is 12.3. The molecule has 1 heterocycles. The normalized spacial score (nSPS) is 10.3. The summed E-state index contributed by atoms with van der Waals surface area (Å²) in [4.78, 5) is 14.1. The van der Waals surface area contributed by atoms with Crippen LogP contribution in [0.15, 0.2) is 34.8 Å². The van der Waals surface area contributed by atoms with E-state index in [1.807, 2.05) is 19.1 Å².